The minimum Gasteiger partial charge on any atom is -0.507 e. The van der Waals surface area contributed by atoms with Crippen molar-refractivity contribution in [2.45, 2.75) is 177 Å². The zero-order chi connectivity index (χ0) is 42.3. The van der Waals surface area contributed by atoms with E-state index in [1.807, 2.05) is 0 Å². The van der Waals surface area contributed by atoms with Gasteiger partial charge < -0.3 is 18.0 Å². The van der Waals surface area contributed by atoms with Gasteiger partial charge in [-0.1, -0.05) is 172 Å². The number of aromatic hydroxyl groups is 1. The predicted molar refractivity (Wildman–Crippen MR) is 241 cm³/mol. The van der Waals surface area contributed by atoms with Gasteiger partial charge in [-0.05, 0) is 80.7 Å². The SMILES string of the molecule is Cc1cc(Cc2cc(C)cc(C(C)(C)C)c2Op2oc3c(C(C)(C)C)cc(C(C)(C)C)cc3c3cc(C(C)(C)C)cc(C(C)(C)C)c3o2)c(O)c(C(C)(C)C)c1. The van der Waals surface area contributed by atoms with Crippen LogP contribution in [0.25, 0.3) is 21.9 Å². The fraction of sp³-hybridized carbons (Fsp3) is 0.529. The van der Waals surface area contributed by atoms with E-state index in [1.54, 1.807) is 0 Å². The topological polar surface area (TPSA) is 55.7 Å². The third-order valence-corrected chi connectivity index (χ3v) is 11.9. The highest BCUT2D eigenvalue weighted by Gasteiger charge is 2.31. The van der Waals surface area contributed by atoms with E-state index in [-0.39, 0.29) is 32.5 Å². The number of hydrogen-bond acceptors (Lipinski definition) is 4. The van der Waals surface area contributed by atoms with Crippen molar-refractivity contribution < 1.29 is 18.0 Å². The van der Waals surface area contributed by atoms with Crippen molar-refractivity contribution in [1.29, 1.82) is 0 Å². The number of rotatable bonds is 4. The van der Waals surface area contributed by atoms with Crippen molar-refractivity contribution >= 4 is 30.2 Å². The van der Waals surface area contributed by atoms with Crippen molar-refractivity contribution in [2.75, 3.05) is 0 Å². The lowest BCUT2D eigenvalue weighted by Gasteiger charge is -2.27. The van der Waals surface area contributed by atoms with E-state index in [9.17, 15) is 5.11 Å². The number of phenolic OH excluding ortho intramolecular Hbond substituents is 1. The summed E-state index contributed by atoms with van der Waals surface area (Å²) in [7, 11) is -2.01. The van der Waals surface area contributed by atoms with Crippen LogP contribution in [-0.2, 0) is 38.9 Å². The lowest BCUT2D eigenvalue weighted by atomic mass is 9.77. The first-order chi connectivity index (χ1) is 25.3. The minimum absolute atomic E-state index is 0.0926. The van der Waals surface area contributed by atoms with Crippen LogP contribution in [0.1, 0.15) is 180 Å². The number of aryl methyl sites for hydroxylation is 2. The molecule has 0 radical (unpaired) electrons. The molecule has 56 heavy (non-hydrogen) atoms. The Morgan fingerprint density at radius 2 is 0.839 bits per heavy atom. The smallest absolute Gasteiger partial charge is 0.453 e. The summed E-state index contributed by atoms with van der Waals surface area (Å²) in [6.45, 7) is 44.6. The van der Waals surface area contributed by atoms with Crippen molar-refractivity contribution in [2.24, 2.45) is 0 Å². The average molecular weight is 779 g/mol. The number of phenols is 1. The molecule has 0 amide bonds. The van der Waals surface area contributed by atoms with Crippen LogP contribution in [0.3, 0.4) is 0 Å². The van der Waals surface area contributed by atoms with Gasteiger partial charge in [-0.2, -0.15) is 0 Å². The second kappa shape index (κ2) is 14.3. The van der Waals surface area contributed by atoms with Crippen LogP contribution >= 0.6 is 8.24 Å². The first-order valence-corrected chi connectivity index (χ1v) is 21.6. The highest BCUT2D eigenvalue weighted by molar-refractivity contribution is 7.32. The van der Waals surface area contributed by atoms with Crippen LogP contribution < -0.4 is 4.52 Å². The van der Waals surface area contributed by atoms with Crippen LogP contribution in [0.15, 0.2) is 56.9 Å². The van der Waals surface area contributed by atoms with E-state index in [2.05, 4.69) is 187 Å². The van der Waals surface area contributed by atoms with E-state index in [0.717, 1.165) is 72.2 Å². The third-order valence-electron chi connectivity index (χ3n) is 11.0. The fourth-order valence-electron chi connectivity index (χ4n) is 7.52. The molecule has 0 bridgehead atoms. The molecule has 5 heteroatoms. The minimum atomic E-state index is -2.01. The Balaban J connectivity index is 1.97. The van der Waals surface area contributed by atoms with Gasteiger partial charge in [0.05, 0.1) is 0 Å². The van der Waals surface area contributed by atoms with Gasteiger partial charge >= 0.3 is 8.24 Å². The van der Waals surface area contributed by atoms with Crippen LogP contribution in [0.2, 0.25) is 0 Å². The van der Waals surface area contributed by atoms with Gasteiger partial charge in [0.1, 0.15) is 22.7 Å². The molecule has 0 unspecified atom stereocenters. The first-order valence-electron chi connectivity index (χ1n) is 20.5. The summed E-state index contributed by atoms with van der Waals surface area (Å²) >= 11 is 0. The van der Waals surface area contributed by atoms with Crippen molar-refractivity contribution in [1.82, 2.24) is 0 Å². The summed E-state index contributed by atoms with van der Waals surface area (Å²) < 4.78 is 21.8. The number of benzene rings is 4. The summed E-state index contributed by atoms with van der Waals surface area (Å²) in [5, 5.41) is 13.9. The van der Waals surface area contributed by atoms with Gasteiger partial charge in [0.2, 0.25) is 0 Å². The lowest BCUT2D eigenvalue weighted by molar-refractivity contribution is 0.440. The van der Waals surface area contributed by atoms with Crippen LogP contribution in [0.5, 0.6) is 11.5 Å². The van der Waals surface area contributed by atoms with E-state index < -0.39 is 8.24 Å². The molecule has 1 N–H and O–H groups in total. The normalized spacial score (nSPS) is 13.5. The summed E-state index contributed by atoms with van der Waals surface area (Å²) in [5.74, 6) is 1.10. The quantitative estimate of drug-likeness (QED) is 0.197. The van der Waals surface area contributed by atoms with E-state index in [0.29, 0.717) is 12.2 Å². The molecule has 1 aromatic heterocycles. The fourth-order valence-corrected chi connectivity index (χ4v) is 8.69. The Morgan fingerprint density at radius 3 is 1.21 bits per heavy atom. The van der Waals surface area contributed by atoms with E-state index in [1.165, 1.54) is 11.1 Å². The molecule has 0 aliphatic heterocycles. The zero-order valence-electron chi connectivity index (χ0n) is 38.4. The second-order valence-corrected chi connectivity index (χ2v) is 23.6. The number of fused-ring (bicyclic) bond motifs is 3. The molecule has 0 fully saturated rings. The van der Waals surface area contributed by atoms with Gasteiger partial charge in [0.25, 0.3) is 0 Å². The molecule has 1 heterocycles. The van der Waals surface area contributed by atoms with Gasteiger partial charge in [0, 0.05) is 39.4 Å². The zero-order valence-corrected chi connectivity index (χ0v) is 39.3. The summed E-state index contributed by atoms with van der Waals surface area (Å²) in [5.41, 5.74) is 11.4. The molecule has 5 aromatic rings. The molecule has 0 saturated carbocycles. The van der Waals surface area contributed by atoms with Crippen LogP contribution in [0.4, 0.5) is 0 Å². The van der Waals surface area contributed by atoms with Crippen LogP contribution in [0, 0.1) is 13.8 Å². The first kappa shape index (κ1) is 43.5. The molecule has 4 nitrogen and oxygen atoms in total. The average Bonchev–Trinajstić information content (AvgIpc) is 3.16. The maximum Gasteiger partial charge on any atom is 0.453 e. The molecule has 304 valence electrons. The predicted octanol–water partition coefficient (Wildman–Crippen LogP) is 15.8. The second-order valence-electron chi connectivity index (χ2n) is 22.6. The van der Waals surface area contributed by atoms with Gasteiger partial charge in [0.15, 0.2) is 0 Å². The van der Waals surface area contributed by atoms with Gasteiger partial charge in [-0.15, -0.1) is 0 Å². The molecule has 0 atom stereocenters. The van der Waals surface area contributed by atoms with Crippen molar-refractivity contribution in [3.8, 4) is 11.5 Å². The largest absolute Gasteiger partial charge is 0.507 e. The summed E-state index contributed by atoms with van der Waals surface area (Å²) in [4.78, 5) is 0. The molecular weight excluding hydrogens is 708 g/mol. The molecule has 0 aliphatic rings. The Kier molecular flexibility index (Phi) is 11.1. The lowest BCUT2D eigenvalue weighted by Crippen LogP contribution is -2.17. The monoisotopic (exact) mass is 779 g/mol. The Bertz CT molecular complexity index is 2240. The Morgan fingerprint density at radius 1 is 0.464 bits per heavy atom. The molecule has 4 aromatic carbocycles. The van der Waals surface area contributed by atoms with Gasteiger partial charge in [-0.3, -0.25) is 0 Å². The molecule has 5 rings (SSSR count). The standard InChI is InChI=1S/C51H71O4P/c1-30-21-32(42(52)38(23-30)48(9,10)11)25-33-22-31(2)24-39(49(12,13)14)43(33)53-56-54-44-36(26-34(46(3,4)5)28-40(44)50(15,16)17)37-27-35(47(6,7)8)29-41(45(37)55-56)51(18,19)20/h21-24,26-29,52H,25H2,1-20H3. The number of hydrogen-bond donors (Lipinski definition) is 1. The summed E-state index contributed by atoms with van der Waals surface area (Å²) in [6.07, 6.45) is 0.497. The molecular formula is C51H71O4P. The van der Waals surface area contributed by atoms with E-state index in [4.69, 9.17) is 12.9 Å². The van der Waals surface area contributed by atoms with Crippen molar-refractivity contribution in [3.63, 3.8) is 0 Å². The van der Waals surface area contributed by atoms with E-state index >= 15 is 0 Å². The highest BCUT2D eigenvalue weighted by atomic mass is 31.1. The highest BCUT2D eigenvalue weighted by Crippen LogP contribution is 2.49. The maximum absolute atomic E-state index is 11.8. The molecule has 0 spiro atoms. The van der Waals surface area contributed by atoms with Crippen molar-refractivity contribution in [3.05, 3.63) is 104 Å². The third kappa shape index (κ3) is 9.07. The Labute approximate surface area is 340 Å². The molecule has 0 aliphatic carbocycles. The van der Waals surface area contributed by atoms with Gasteiger partial charge in [-0.25, -0.2) is 0 Å². The maximum atomic E-state index is 11.8. The summed E-state index contributed by atoms with van der Waals surface area (Å²) in [6, 6.07) is 18.0. The molecule has 0 saturated heterocycles. The van der Waals surface area contributed by atoms with Crippen LogP contribution in [-0.4, -0.2) is 5.11 Å². The Hall–Kier alpha value is -3.62.